The number of hydrogen-bond acceptors (Lipinski definition) is 5. The second kappa shape index (κ2) is 8.49. The molecule has 142 valence electrons. The fraction of sp³-hybridized carbons (Fsp3) is 0.0476. The van der Waals surface area contributed by atoms with Gasteiger partial charge in [0, 0.05) is 5.56 Å². The molecule has 0 aliphatic carbocycles. The molecule has 0 atom stereocenters. The number of nitrogens with one attached hydrogen (secondary N) is 1. The van der Waals surface area contributed by atoms with Crippen LogP contribution in [0.15, 0.2) is 88.9 Å². The van der Waals surface area contributed by atoms with Gasteiger partial charge in [0.15, 0.2) is 0 Å². The molecule has 0 bridgehead atoms. The summed E-state index contributed by atoms with van der Waals surface area (Å²) in [7, 11) is -3.77. The van der Waals surface area contributed by atoms with Gasteiger partial charge in [-0.2, -0.15) is 13.5 Å². The minimum Gasteiger partial charge on any atom is -0.422 e. The Morgan fingerprint density at radius 1 is 0.929 bits per heavy atom. The van der Waals surface area contributed by atoms with Crippen LogP contribution < -0.4 is 9.57 Å². The second-order valence-corrected chi connectivity index (χ2v) is 7.62. The van der Waals surface area contributed by atoms with Crippen LogP contribution in [0.2, 0.25) is 0 Å². The molecule has 0 amide bonds. The highest BCUT2D eigenvalue weighted by atomic mass is 32.2. The van der Waals surface area contributed by atoms with E-state index in [9.17, 15) is 13.2 Å². The standard InChI is InChI=1S/C21H18N2O4S/c1-16-11-13-17(14-12-16)21(24)27-20-10-6-5-7-18(20)15-22-23-28(25,26)19-8-3-2-4-9-19/h2-15,23H,1H3/b22-15-. The zero-order chi connectivity index (χ0) is 20.0. The first-order chi connectivity index (χ1) is 13.5. The summed E-state index contributed by atoms with van der Waals surface area (Å²) in [5, 5.41) is 3.79. The number of hydrazone groups is 1. The van der Waals surface area contributed by atoms with Gasteiger partial charge in [-0.1, -0.05) is 48.0 Å². The van der Waals surface area contributed by atoms with Gasteiger partial charge in [0.05, 0.1) is 16.7 Å². The molecule has 1 N–H and O–H groups in total. The SMILES string of the molecule is Cc1ccc(C(=O)Oc2ccccc2/C=N\NS(=O)(=O)c2ccccc2)cc1. The Kier molecular flexibility index (Phi) is 5.86. The van der Waals surface area contributed by atoms with Crippen molar-refractivity contribution in [3.05, 3.63) is 95.6 Å². The summed E-state index contributed by atoms with van der Waals surface area (Å²) >= 11 is 0. The molecular formula is C21H18N2O4S. The summed E-state index contributed by atoms with van der Waals surface area (Å²) in [6.07, 6.45) is 1.29. The minimum atomic E-state index is -3.77. The van der Waals surface area contributed by atoms with Crippen molar-refractivity contribution in [2.24, 2.45) is 5.10 Å². The van der Waals surface area contributed by atoms with Gasteiger partial charge in [-0.05, 0) is 43.3 Å². The van der Waals surface area contributed by atoms with Gasteiger partial charge in [0.2, 0.25) is 0 Å². The quantitative estimate of drug-likeness (QED) is 0.300. The van der Waals surface area contributed by atoms with Crippen molar-refractivity contribution in [3.8, 4) is 5.75 Å². The second-order valence-electron chi connectivity index (χ2n) is 5.96. The number of nitrogens with zero attached hydrogens (tertiary/aromatic N) is 1. The average molecular weight is 394 g/mol. The zero-order valence-corrected chi connectivity index (χ0v) is 15.9. The molecule has 7 heteroatoms. The number of benzene rings is 3. The van der Waals surface area contributed by atoms with Crippen molar-refractivity contribution in [2.45, 2.75) is 11.8 Å². The lowest BCUT2D eigenvalue weighted by atomic mass is 10.1. The highest BCUT2D eigenvalue weighted by Crippen LogP contribution is 2.18. The van der Waals surface area contributed by atoms with Crippen molar-refractivity contribution in [2.75, 3.05) is 0 Å². The molecule has 0 aliphatic heterocycles. The van der Waals surface area contributed by atoms with Crippen molar-refractivity contribution in [1.29, 1.82) is 0 Å². The Hall–Kier alpha value is -3.45. The summed E-state index contributed by atoms with van der Waals surface area (Å²) in [6.45, 7) is 1.93. The van der Waals surface area contributed by atoms with Crippen molar-refractivity contribution >= 4 is 22.2 Å². The third-order valence-corrected chi connectivity index (χ3v) is 5.08. The summed E-state index contributed by atoms with van der Waals surface area (Å²) in [6, 6.07) is 21.6. The Labute approximate surface area is 163 Å². The number of sulfonamides is 1. The molecule has 0 aliphatic rings. The number of carbonyl (C=O) groups is 1. The number of para-hydroxylation sites is 1. The molecule has 28 heavy (non-hydrogen) atoms. The lowest BCUT2D eigenvalue weighted by molar-refractivity contribution is 0.0734. The van der Waals surface area contributed by atoms with Crippen LogP contribution in [0.25, 0.3) is 0 Å². The Morgan fingerprint density at radius 3 is 2.29 bits per heavy atom. The van der Waals surface area contributed by atoms with Gasteiger partial charge >= 0.3 is 5.97 Å². The first-order valence-electron chi connectivity index (χ1n) is 8.43. The molecule has 3 aromatic rings. The monoisotopic (exact) mass is 394 g/mol. The summed E-state index contributed by atoms with van der Waals surface area (Å²) < 4.78 is 29.8. The van der Waals surface area contributed by atoms with Crippen LogP contribution in [0.4, 0.5) is 0 Å². The maximum absolute atomic E-state index is 12.3. The normalized spacial score (nSPS) is 11.3. The molecule has 0 aromatic heterocycles. The molecule has 0 fully saturated rings. The van der Waals surface area contributed by atoms with E-state index in [1.54, 1.807) is 54.6 Å². The number of carbonyl (C=O) groups excluding carboxylic acids is 1. The summed E-state index contributed by atoms with van der Waals surface area (Å²) in [5.41, 5.74) is 1.91. The molecule has 6 nitrogen and oxygen atoms in total. The van der Waals surface area contributed by atoms with Crippen LogP contribution in [-0.4, -0.2) is 20.6 Å². The van der Waals surface area contributed by atoms with Crippen LogP contribution >= 0.6 is 0 Å². The zero-order valence-electron chi connectivity index (χ0n) is 15.1. The van der Waals surface area contributed by atoms with Gasteiger partial charge in [-0.3, -0.25) is 0 Å². The molecular weight excluding hydrogens is 376 g/mol. The Morgan fingerprint density at radius 2 is 1.57 bits per heavy atom. The number of esters is 1. The molecule has 0 saturated carbocycles. The Balaban J connectivity index is 1.74. The van der Waals surface area contributed by atoms with Crippen molar-refractivity contribution in [3.63, 3.8) is 0 Å². The molecule has 0 saturated heterocycles. The van der Waals surface area contributed by atoms with E-state index in [-0.39, 0.29) is 10.6 Å². The topological polar surface area (TPSA) is 84.8 Å². The fourth-order valence-electron chi connectivity index (χ4n) is 2.35. The smallest absolute Gasteiger partial charge is 0.343 e. The van der Waals surface area contributed by atoms with Crippen LogP contribution in [-0.2, 0) is 10.0 Å². The maximum atomic E-state index is 12.3. The number of ether oxygens (including phenoxy) is 1. The molecule has 0 radical (unpaired) electrons. The van der Waals surface area contributed by atoms with Gasteiger partial charge in [-0.25, -0.2) is 9.63 Å². The number of aryl methyl sites for hydroxylation is 1. The third kappa shape index (κ3) is 4.83. The largest absolute Gasteiger partial charge is 0.422 e. The predicted octanol–water partition coefficient (Wildman–Crippen LogP) is 3.53. The van der Waals surface area contributed by atoms with E-state index >= 15 is 0 Å². The first-order valence-corrected chi connectivity index (χ1v) is 9.92. The van der Waals surface area contributed by atoms with Gasteiger partial charge < -0.3 is 4.74 Å². The van der Waals surface area contributed by atoms with E-state index in [1.807, 2.05) is 19.1 Å². The third-order valence-electron chi connectivity index (χ3n) is 3.84. The van der Waals surface area contributed by atoms with Crippen molar-refractivity contribution < 1.29 is 17.9 Å². The average Bonchev–Trinajstić information content (AvgIpc) is 2.70. The fourth-order valence-corrected chi connectivity index (χ4v) is 3.16. The summed E-state index contributed by atoms with van der Waals surface area (Å²) in [5.74, 6) is -0.235. The maximum Gasteiger partial charge on any atom is 0.343 e. The lowest BCUT2D eigenvalue weighted by Gasteiger charge is -2.08. The Bertz CT molecular complexity index is 1090. The molecule has 3 rings (SSSR count). The van der Waals surface area contributed by atoms with E-state index in [2.05, 4.69) is 9.93 Å². The lowest BCUT2D eigenvalue weighted by Crippen LogP contribution is -2.18. The van der Waals surface area contributed by atoms with E-state index in [1.165, 1.54) is 18.3 Å². The highest BCUT2D eigenvalue weighted by Gasteiger charge is 2.13. The van der Waals surface area contributed by atoms with Crippen LogP contribution in [0.5, 0.6) is 5.75 Å². The van der Waals surface area contributed by atoms with Crippen molar-refractivity contribution in [1.82, 2.24) is 4.83 Å². The van der Waals surface area contributed by atoms with Gasteiger partial charge in [0.25, 0.3) is 10.0 Å². The number of rotatable bonds is 6. The minimum absolute atomic E-state index is 0.103. The molecule has 3 aromatic carbocycles. The van der Waals surface area contributed by atoms with E-state index in [4.69, 9.17) is 4.74 Å². The van der Waals surface area contributed by atoms with E-state index < -0.39 is 16.0 Å². The van der Waals surface area contributed by atoms with Crippen LogP contribution in [0.3, 0.4) is 0 Å². The molecule has 0 unspecified atom stereocenters. The van der Waals surface area contributed by atoms with E-state index in [0.717, 1.165) is 5.56 Å². The van der Waals surface area contributed by atoms with Gasteiger partial charge in [0.1, 0.15) is 5.75 Å². The summed E-state index contributed by atoms with van der Waals surface area (Å²) in [4.78, 5) is 14.6. The first kappa shape index (κ1) is 19.3. The molecule has 0 heterocycles. The van der Waals surface area contributed by atoms with Crippen LogP contribution in [0.1, 0.15) is 21.5 Å². The molecule has 0 spiro atoms. The van der Waals surface area contributed by atoms with Crippen LogP contribution in [0, 0.1) is 6.92 Å². The predicted molar refractivity (Wildman–Crippen MR) is 107 cm³/mol. The van der Waals surface area contributed by atoms with Gasteiger partial charge in [-0.15, -0.1) is 0 Å². The van der Waals surface area contributed by atoms with E-state index in [0.29, 0.717) is 11.1 Å². The number of hydrogen-bond donors (Lipinski definition) is 1. The highest BCUT2D eigenvalue weighted by molar-refractivity contribution is 7.89.